The van der Waals surface area contributed by atoms with E-state index in [1.165, 1.54) is 14.2 Å². The molecule has 0 atom stereocenters. The zero-order chi connectivity index (χ0) is 18.8. The van der Waals surface area contributed by atoms with E-state index in [9.17, 15) is 4.79 Å². The number of nitrogens with zero attached hydrogens (tertiary/aromatic N) is 4. The van der Waals surface area contributed by atoms with Crippen molar-refractivity contribution in [3.8, 4) is 22.9 Å². The third-order valence-corrected chi connectivity index (χ3v) is 4.41. The zero-order valence-corrected chi connectivity index (χ0v) is 15.0. The number of methoxy groups -OCH3 is 2. The number of tetrazole rings is 1. The van der Waals surface area contributed by atoms with Crippen molar-refractivity contribution in [2.24, 2.45) is 0 Å². The van der Waals surface area contributed by atoms with E-state index >= 15 is 0 Å². The zero-order valence-electron chi connectivity index (χ0n) is 15.0. The van der Waals surface area contributed by atoms with Crippen LogP contribution in [0.3, 0.4) is 0 Å². The molecule has 4 rings (SSSR count). The summed E-state index contributed by atoms with van der Waals surface area (Å²) in [4.78, 5) is 12.8. The topological polar surface area (TPSA) is 91.2 Å². The van der Waals surface area contributed by atoms with E-state index in [0.29, 0.717) is 34.6 Å². The predicted octanol–water partition coefficient (Wildman–Crippen LogP) is 2.94. The second-order valence-corrected chi connectivity index (χ2v) is 6.25. The van der Waals surface area contributed by atoms with Crippen molar-refractivity contribution < 1.29 is 14.3 Å². The van der Waals surface area contributed by atoms with E-state index in [1.54, 1.807) is 18.2 Å². The quantitative estimate of drug-likeness (QED) is 0.722. The normalized spacial score (nSPS) is 13.3. The summed E-state index contributed by atoms with van der Waals surface area (Å²) in [6.45, 7) is 0. The molecular formula is C19H19N5O3. The van der Waals surface area contributed by atoms with Crippen molar-refractivity contribution in [3.05, 3.63) is 48.0 Å². The number of ether oxygens (including phenoxy) is 2. The molecule has 0 spiro atoms. The van der Waals surface area contributed by atoms with Gasteiger partial charge in [0.2, 0.25) is 0 Å². The largest absolute Gasteiger partial charge is 0.493 e. The van der Waals surface area contributed by atoms with E-state index < -0.39 is 0 Å². The molecule has 0 radical (unpaired) electrons. The summed E-state index contributed by atoms with van der Waals surface area (Å²) < 4.78 is 12.4. The van der Waals surface area contributed by atoms with E-state index in [-0.39, 0.29) is 5.91 Å². The highest BCUT2D eigenvalue weighted by Crippen LogP contribution is 2.37. The van der Waals surface area contributed by atoms with Gasteiger partial charge in [0.25, 0.3) is 5.91 Å². The van der Waals surface area contributed by atoms with Crippen LogP contribution in [0.4, 0.5) is 5.69 Å². The maximum absolute atomic E-state index is 12.8. The van der Waals surface area contributed by atoms with Crippen molar-refractivity contribution in [2.45, 2.75) is 18.9 Å². The van der Waals surface area contributed by atoms with Crippen LogP contribution < -0.4 is 14.8 Å². The SMILES string of the molecule is COc1cccc(C(=O)Nc2cccc(-c3nnnn3C3CC3)c2)c1OC. The number of benzene rings is 2. The van der Waals surface area contributed by atoms with Crippen LogP contribution in [0.25, 0.3) is 11.4 Å². The lowest BCUT2D eigenvalue weighted by Gasteiger charge is -2.13. The molecule has 0 unspecified atom stereocenters. The summed E-state index contributed by atoms with van der Waals surface area (Å²) in [7, 11) is 3.04. The maximum Gasteiger partial charge on any atom is 0.259 e. The summed E-state index contributed by atoms with van der Waals surface area (Å²) in [6.07, 6.45) is 2.17. The molecule has 3 aromatic rings. The Morgan fingerprint density at radius 2 is 1.96 bits per heavy atom. The number of hydrogen-bond donors (Lipinski definition) is 1. The minimum Gasteiger partial charge on any atom is -0.493 e. The van der Waals surface area contributed by atoms with Gasteiger partial charge in [-0.2, -0.15) is 0 Å². The molecule has 1 heterocycles. The van der Waals surface area contributed by atoms with Crippen LogP contribution in [0, 0.1) is 0 Å². The summed E-state index contributed by atoms with van der Waals surface area (Å²) >= 11 is 0. The highest BCUT2D eigenvalue weighted by atomic mass is 16.5. The lowest BCUT2D eigenvalue weighted by molar-refractivity contribution is 0.102. The minimum atomic E-state index is -0.287. The highest BCUT2D eigenvalue weighted by Gasteiger charge is 2.28. The number of rotatable bonds is 6. The number of amides is 1. The first kappa shape index (κ1) is 17.0. The molecule has 0 aliphatic heterocycles. The Labute approximate surface area is 156 Å². The van der Waals surface area contributed by atoms with Crippen molar-refractivity contribution in [2.75, 3.05) is 19.5 Å². The Morgan fingerprint density at radius 3 is 2.70 bits per heavy atom. The first-order valence-electron chi connectivity index (χ1n) is 8.62. The Kier molecular flexibility index (Phi) is 4.45. The third kappa shape index (κ3) is 3.33. The average molecular weight is 365 g/mol. The average Bonchev–Trinajstić information content (AvgIpc) is 3.43. The summed E-state index contributed by atoms with van der Waals surface area (Å²) in [5, 5.41) is 14.9. The molecule has 1 aliphatic carbocycles. The molecular weight excluding hydrogens is 346 g/mol. The Balaban J connectivity index is 1.60. The van der Waals surface area contributed by atoms with Crippen LogP contribution in [0.5, 0.6) is 11.5 Å². The maximum atomic E-state index is 12.8. The number of aromatic nitrogens is 4. The smallest absolute Gasteiger partial charge is 0.259 e. The van der Waals surface area contributed by atoms with Crippen molar-refractivity contribution in [3.63, 3.8) is 0 Å². The molecule has 8 nitrogen and oxygen atoms in total. The van der Waals surface area contributed by atoms with Gasteiger partial charge in [-0.1, -0.05) is 18.2 Å². The van der Waals surface area contributed by atoms with Gasteiger partial charge in [-0.15, -0.1) is 5.10 Å². The number of para-hydroxylation sites is 1. The van der Waals surface area contributed by atoms with Gasteiger partial charge in [-0.3, -0.25) is 4.79 Å². The molecule has 1 saturated carbocycles. The summed E-state index contributed by atoms with van der Waals surface area (Å²) in [6, 6.07) is 13.0. The molecule has 138 valence electrons. The monoisotopic (exact) mass is 365 g/mol. The van der Waals surface area contributed by atoms with Crippen molar-refractivity contribution in [1.29, 1.82) is 0 Å². The minimum absolute atomic E-state index is 0.287. The molecule has 8 heteroatoms. The second kappa shape index (κ2) is 7.06. The van der Waals surface area contributed by atoms with Crippen LogP contribution in [0.1, 0.15) is 29.2 Å². The van der Waals surface area contributed by atoms with Gasteiger partial charge >= 0.3 is 0 Å². The van der Waals surface area contributed by atoms with Crippen LogP contribution in [0.15, 0.2) is 42.5 Å². The first-order chi connectivity index (χ1) is 13.2. The summed E-state index contributed by atoms with van der Waals surface area (Å²) in [5.41, 5.74) is 1.89. The van der Waals surface area contributed by atoms with E-state index in [4.69, 9.17) is 9.47 Å². The Hall–Kier alpha value is -3.42. The van der Waals surface area contributed by atoms with Crippen LogP contribution in [-0.4, -0.2) is 40.3 Å². The number of nitrogens with one attached hydrogen (secondary N) is 1. The highest BCUT2D eigenvalue weighted by molar-refractivity contribution is 6.07. The fourth-order valence-corrected chi connectivity index (χ4v) is 2.95. The molecule has 1 amide bonds. The molecule has 1 aromatic heterocycles. The van der Waals surface area contributed by atoms with Crippen LogP contribution in [0.2, 0.25) is 0 Å². The van der Waals surface area contributed by atoms with Crippen LogP contribution in [-0.2, 0) is 0 Å². The number of hydrogen-bond acceptors (Lipinski definition) is 6. The first-order valence-corrected chi connectivity index (χ1v) is 8.62. The van der Waals surface area contributed by atoms with Gasteiger partial charge in [0.15, 0.2) is 17.3 Å². The molecule has 0 bridgehead atoms. The molecule has 27 heavy (non-hydrogen) atoms. The Morgan fingerprint density at radius 1 is 1.15 bits per heavy atom. The van der Waals surface area contributed by atoms with Gasteiger partial charge < -0.3 is 14.8 Å². The van der Waals surface area contributed by atoms with Crippen molar-refractivity contribution in [1.82, 2.24) is 20.2 Å². The van der Waals surface area contributed by atoms with E-state index in [1.807, 2.05) is 28.9 Å². The predicted molar refractivity (Wildman–Crippen MR) is 99.0 cm³/mol. The van der Waals surface area contributed by atoms with Crippen LogP contribution >= 0.6 is 0 Å². The number of carbonyl (C=O) groups excluding carboxylic acids is 1. The van der Waals surface area contributed by atoms with E-state index in [2.05, 4.69) is 20.8 Å². The van der Waals surface area contributed by atoms with Gasteiger partial charge in [-0.05, 0) is 47.5 Å². The van der Waals surface area contributed by atoms with E-state index in [0.717, 1.165) is 18.4 Å². The lowest BCUT2D eigenvalue weighted by atomic mass is 10.1. The fourth-order valence-electron chi connectivity index (χ4n) is 2.95. The third-order valence-electron chi connectivity index (χ3n) is 4.41. The molecule has 1 N–H and O–H groups in total. The fraction of sp³-hybridized carbons (Fsp3) is 0.263. The molecule has 1 fully saturated rings. The molecule has 2 aromatic carbocycles. The lowest BCUT2D eigenvalue weighted by Crippen LogP contribution is -2.13. The standard InChI is InChI=1S/C19H19N5O3/c1-26-16-8-4-7-15(17(16)27-2)19(25)20-13-6-3-5-12(11-13)18-21-22-23-24(18)14-9-10-14/h3-8,11,14H,9-10H2,1-2H3,(H,20,25). The van der Waals surface area contributed by atoms with Gasteiger partial charge in [-0.25, -0.2) is 4.68 Å². The van der Waals surface area contributed by atoms with Crippen molar-refractivity contribution >= 4 is 11.6 Å². The molecule has 0 saturated heterocycles. The second-order valence-electron chi connectivity index (χ2n) is 6.25. The van der Waals surface area contributed by atoms with Gasteiger partial charge in [0.05, 0.1) is 25.8 Å². The van der Waals surface area contributed by atoms with Gasteiger partial charge in [0, 0.05) is 11.3 Å². The number of anilines is 1. The Bertz CT molecular complexity index is 981. The summed E-state index contributed by atoms with van der Waals surface area (Å²) in [5.74, 6) is 1.31. The molecule has 1 aliphatic rings. The van der Waals surface area contributed by atoms with Gasteiger partial charge in [0.1, 0.15) is 0 Å². The number of carbonyl (C=O) groups is 1.